The highest BCUT2D eigenvalue weighted by molar-refractivity contribution is 7.14. The largest absolute Gasteiger partial charge is 0.311 e. The molecular weight excluding hydrogens is 258 g/mol. The Kier molecular flexibility index (Phi) is 4.55. The highest BCUT2D eigenvalue weighted by Gasteiger charge is 2.16. The summed E-state index contributed by atoms with van der Waals surface area (Å²) in [6.07, 6.45) is 1.85. The van der Waals surface area contributed by atoms with Gasteiger partial charge in [0, 0.05) is 5.56 Å². The van der Waals surface area contributed by atoms with Gasteiger partial charge in [0.05, 0.1) is 17.4 Å². The van der Waals surface area contributed by atoms with Gasteiger partial charge in [-0.2, -0.15) is 10.2 Å². The quantitative estimate of drug-likeness (QED) is 0.910. The molecule has 0 radical (unpaired) electrons. The molecule has 1 atom stereocenters. The standard InChI is InChI=1S/C13H19N5S/c1-5-10-9(7-8(3)15-16-10)12-17-18-13(19-12)11(6-2)14-4/h7,11,14H,5-6H2,1-4H3. The molecule has 0 fully saturated rings. The van der Waals surface area contributed by atoms with Gasteiger partial charge in [-0.05, 0) is 32.9 Å². The summed E-state index contributed by atoms with van der Waals surface area (Å²) in [7, 11) is 1.95. The molecule has 0 aromatic carbocycles. The third-order valence-electron chi connectivity index (χ3n) is 3.05. The smallest absolute Gasteiger partial charge is 0.149 e. The van der Waals surface area contributed by atoms with Gasteiger partial charge in [0.15, 0.2) is 0 Å². The molecule has 0 amide bonds. The molecule has 2 heterocycles. The molecular formula is C13H19N5S. The van der Waals surface area contributed by atoms with Crippen LogP contribution >= 0.6 is 11.3 Å². The van der Waals surface area contributed by atoms with Gasteiger partial charge in [-0.15, -0.1) is 10.2 Å². The molecule has 2 rings (SSSR count). The van der Waals surface area contributed by atoms with Crippen LogP contribution in [0, 0.1) is 6.92 Å². The van der Waals surface area contributed by atoms with E-state index in [1.54, 1.807) is 11.3 Å². The third-order valence-corrected chi connectivity index (χ3v) is 4.12. The maximum atomic E-state index is 4.31. The van der Waals surface area contributed by atoms with E-state index >= 15 is 0 Å². The van der Waals surface area contributed by atoms with Crippen LogP contribution in [0.1, 0.15) is 42.7 Å². The zero-order valence-corrected chi connectivity index (χ0v) is 12.6. The van der Waals surface area contributed by atoms with E-state index in [9.17, 15) is 0 Å². The zero-order chi connectivity index (χ0) is 13.8. The molecule has 0 aliphatic carbocycles. The highest BCUT2D eigenvalue weighted by atomic mass is 32.1. The Bertz CT molecular complexity index is 548. The molecule has 5 nitrogen and oxygen atoms in total. The summed E-state index contributed by atoms with van der Waals surface area (Å²) in [5.74, 6) is 0. The minimum atomic E-state index is 0.271. The molecule has 0 saturated carbocycles. The normalized spacial score (nSPS) is 12.6. The SMILES string of the molecule is CCc1nnc(C)cc1-c1nnc(C(CC)NC)s1. The maximum absolute atomic E-state index is 4.31. The third kappa shape index (κ3) is 2.96. The van der Waals surface area contributed by atoms with Crippen molar-refractivity contribution in [2.45, 2.75) is 39.7 Å². The van der Waals surface area contributed by atoms with Crippen molar-refractivity contribution in [3.63, 3.8) is 0 Å². The second kappa shape index (κ2) is 6.16. The van der Waals surface area contributed by atoms with Crippen molar-refractivity contribution in [2.24, 2.45) is 0 Å². The fourth-order valence-corrected chi connectivity index (χ4v) is 3.02. The van der Waals surface area contributed by atoms with E-state index in [4.69, 9.17) is 0 Å². The average Bonchev–Trinajstić information content (AvgIpc) is 2.89. The van der Waals surface area contributed by atoms with E-state index in [1.165, 1.54) is 0 Å². The van der Waals surface area contributed by atoms with Crippen LogP contribution in [0.25, 0.3) is 10.6 Å². The Morgan fingerprint density at radius 1 is 1.21 bits per heavy atom. The van der Waals surface area contributed by atoms with Crippen LogP contribution in [0.2, 0.25) is 0 Å². The van der Waals surface area contributed by atoms with Crippen molar-refractivity contribution in [1.82, 2.24) is 25.7 Å². The lowest BCUT2D eigenvalue weighted by molar-refractivity contribution is 0.568. The van der Waals surface area contributed by atoms with Crippen LogP contribution in [-0.2, 0) is 6.42 Å². The zero-order valence-electron chi connectivity index (χ0n) is 11.8. The van der Waals surface area contributed by atoms with E-state index in [0.29, 0.717) is 0 Å². The van der Waals surface area contributed by atoms with E-state index < -0.39 is 0 Å². The van der Waals surface area contributed by atoms with Gasteiger partial charge in [0.2, 0.25) is 0 Å². The van der Waals surface area contributed by atoms with Crippen molar-refractivity contribution in [1.29, 1.82) is 0 Å². The van der Waals surface area contributed by atoms with Crippen LogP contribution in [0.5, 0.6) is 0 Å². The Morgan fingerprint density at radius 2 is 2.00 bits per heavy atom. The Morgan fingerprint density at radius 3 is 2.63 bits per heavy atom. The Balaban J connectivity index is 2.40. The topological polar surface area (TPSA) is 63.6 Å². The van der Waals surface area contributed by atoms with Crippen molar-refractivity contribution in [3.8, 4) is 10.6 Å². The lowest BCUT2D eigenvalue weighted by Crippen LogP contribution is -2.14. The molecule has 0 spiro atoms. The van der Waals surface area contributed by atoms with Gasteiger partial charge in [-0.1, -0.05) is 25.2 Å². The van der Waals surface area contributed by atoms with Gasteiger partial charge in [-0.25, -0.2) is 0 Å². The molecule has 2 aromatic heterocycles. The summed E-state index contributed by atoms with van der Waals surface area (Å²) < 4.78 is 0. The number of nitrogens with one attached hydrogen (secondary N) is 1. The summed E-state index contributed by atoms with van der Waals surface area (Å²) in [4.78, 5) is 0. The first-order valence-electron chi connectivity index (χ1n) is 6.53. The van der Waals surface area contributed by atoms with Crippen molar-refractivity contribution in [3.05, 3.63) is 22.5 Å². The molecule has 6 heteroatoms. The number of hydrogen-bond acceptors (Lipinski definition) is 6. The monoisotopic (exact) mass is 277 g/mol. The van der Waals surface area contributed by atoms with Crippen molar-refractivity contribution in [2.75, 3.05) is 7.05 Å². The van der Waals surface area contributed by atoms with Crippen LogP contribution < -0.4 is 5.32 Å². The Hall–Kier alpha value is -1.40. The minimum absolute atomic E-state index is 0.271. The van der Waals surface area contributed by atoms with E-state index in [2.05, 4.69) is 39.6 Å². The number of rotatable bonds is 5. The minimum Gasteiger partial charge on any atom is -0.311 e. The van der Waals surface area contributed by atoms with Crippen molar-refractivity contribution < 1.29 is 0 Å². The first kappa shape index (κ1) is 14.0. The molecule has 19 heavy (non-hydrogen) atoms. The summed E-state index contributed by atoms with van der Waals surface area (Å²) in [6.45, 7) is 6.16. The molecule has 1 N–H and O–H groups in total. The van der Waals surface area contributed by atoms with E-state index in [0.717, 1.165) is 39.8 Å². The van der Waals surface area contributed by atoms with Gasteiger partial charge in [0.25, 0.3) is 0 Å². The lowest BCUT2D eigenvalue weighted by atomic mass is 10.1. The van der Waals surface area contributed by atoms with Crippen LogP contribution in [0.15, 0.2) is 6.07 Å². The summed E-state index contributed by atoms with van der Waals surface area (Å²) >= 11 is 1.63. The molecule has 0 aliphatic rings. The fourth-order valence-electron chi connectivity index (χ4n) is 1.95. The van der Waals surface area contributed by atoms with E-state index in [1.807, 2.05) is 20.0 Å². The van der Waals surface area contributed by atoms with Crippen LogP contribution in [-0.4, -0.2) is 27.4 Å². The molecule has 2 aromatic rings. The van der Waals surface area contributed by atoms with E-state index in [-0.39, 0.29) is 6.04 Å². The molecule has 102 valence electrons. The average molecular weight is 277 g/mol. The number of nitrogens with zero attached hydrogens (tertiary/aromatic N) is 4. The van der Waals surface area contributed by atoms with Gasteiger partial charge in [0.1, 0.15) is 10.0 Å². The summed E-state index contributed by atoms with van der Waals surface area (Å²) in [6, 6.07) is 2.31. The number of aryl methyl sites for hydroxylation is 2. The maximum Gasteiger partial charge on any atom is 0.149 e. The summed E-state index contributed by atoms with van der Waals surface area (Å²) in [5, 5.41) is 22.2. The predicted octanol–water partition coefficient (Wildman–Crippen LogP) is 2.54. The van der Waals surface area contributed by atoms with Gasteiger partial charge < -0.3 is 5.32 Å². The fraction of sp³-hybridized carbons (Fsp3) is 0.538. The molecule has 0 aliphatic heterocycles. The highest BCUT2D eigenvalue weighted by Crippen LogP contribution is 2.29. The number of hydrogen-bond donors (Lipinski definition) is 1. The molecule has 0 saturated heterocycles. The van der Waals surface area contributed by atoms with Crippen LogP contribution in [0.4, 0.5) is 0 Å². The first-order valence-corrected chi connectivity index (χ1v) is 7.35. The molecule has 0 bridgehead atoms. The van der Waals surface area contributed by atoms with Crippen LogP contribution in [0.3, 0.4) is 0 Å². The second-order valence-electron chi connectivity index (χ2n) is 4.39. The van der Waals surface area contributed by atoms with Gasteiger partial charge in [-0.3, -0.25) is 0 Å². The predicted molar refractivity (Wildman–Crippen MR) is 77.1 cm³/mol. The Labute approximate surface area is 117 Å². The lowest BCUT2D eigenvalue weighted by Gasteiger charge is -2.08. The molecule has 1 unspecified atom stereocenters. The summed E-state index contributed by atoms with van der Waals surface area (Å²) in [5.41, 5.74) is 2.94. The number of aromatic nitrogens is 4. The van der Waals surface area contributed by atoms with Gasteiger partial charge >= 0.3 is 0 Å². The second-order valence-corrected chi connectivity index (χ2v) is 5.40. The van der Waals surface area contributed by atoms with Crippen molar-refractivity contribution >= 4 is 11.3 Å². The first-order chi connectivity index (χ1) is 9.19.